The molecular weight excluding hydrogens is 231 g/mol. The minimum absolute atomic E-state index is 0. The van der Waals surface area contributed by atoms with Gasteiger partial charge in [-0.3, -0.25) is 0 Å². The van der Waals surface area contributed by atoms with Gasteiger partial charge in [0, 0.05) is 0 Å². The summed E-state index contributed by atoms with van der Waals surface area (Å²) in [5, 5.41) is 0. The van der Waals surface area contributed by atoms with E-state index in [0.717, 1.165) is 0 Å². The van der Waals surface area contributed by atoms with Crippen LogP contribution < -0.4 is 0 Å². The molecule has 0 unspecified atom stereocenters. The molecule has 0 aromatic rings. The molecule has 0 N–H and O–H groups in total. The molecule has 0 aliphatic rings. The molecule has 0 aromatic carbocycles. The Labute approximate surface area is 43.9 Å². The molecule has 0 aliphatic heterocycles. The van der Waals surface area contributed by atoms with Crippen LogP contribution in [0.1, 0.15) is 0 Å². The molecule has 0 spiro atoms. The summed E-state index contributed by atoms with van der Waals surface area (Å²) >= 11 is 0. The molecule has 0 nitrogen and oxygen atoms in total. The van der Waals surface area contributed by atoms with E-state index in [1.54, 1.807) is 0 Å². The first-order valence-electron chi connectivity index (χ1n) is 0. The third kappa shape index (κ3) is 16.2. The normalized spacial score (nSPS) is 0. The molecule has 0 fully saturated rings. The van der Waals surface area contributed by atoms with Crippen molar-refractivity contribution in [3.63, 3.8) is 0 Å². The first-order valence-corrected chi connectivity index (χ1v) is 0. The molecule has 0 rings (SSSR count). The van der Waals surface area contributed by atoms with Gasteiger partial charge in [-0.25, -0.2) is 0 Å². The van der Waals surface area contributed by atoms with Crippen molar-refractivity contribution in [3.05, 3.63) is 22.3 Å². The second kappa shape index (κ2) is 56.3. The molecular formula is C3H10Pt-3. The van der Waals surface area contributed by atoms with E-state index >= 15 is 0 Å². The van der Waals surface area contributed by atoms with E-state index in [9.17, 15) is 0 Å². The van der Waals surface area contributed by atoms with Crippen molar-refractivity contribution < 1.29 is 21.1 Å². The molecule has 35 valence electrons. The number of hydrogen-bond donors (Lipinski definition) is 0. The van der Waals surface area contributed by atoms with Crippen molar-refractivity contribution in [3.8, 4) is 0 Å². The van der Waals surface area contributed by atoms with Crippen molar-refractivity contribution in [2.24, 2.45) is 0 Å². The quantitative estimate of drug-likeness (QED) is 0.557. The third-order valence-electron chi connectivity index (χ3n) is 0. The Morgan fingerprint density at radius 3 is 0.500 bits per heavy atom. The second-order valence-corrected chi connectivity index (χ2v) is 0. The molecule has 0 heterocycles. The summed E-state index contributed by atoms with van der Waals surface area (Å²) < 4.78 is 0. The van der Waals surface area contributed by atoms with Gasteiger partial charge in [0.15, 0.2) is 0 Å². The Morgan fingerprint density at radius 1 is 0.500 bits per heavy atom. The second-order valence-electron chi connectivity index (χ2n) is 0. The Hall–Kier alpha value is 0.688. The van der Waals surface area contributed by atoms with Crippen LogP contribution in [0.3, 0.4) is 0 Å². The van der Waals surface area contributed by atoms with Crippen LogP contribution in [-0.4, -0.2) is 0 Å². The minimum atomic E-state index is 0. The molecule has 0 amide bonds. The number of hydrogen-bond acceptors (Lipinski definition) is 0. The molecule has 0 atom stereocenters. The van der Waals surface area contributed by atoms with Crippen LogP contribution in [0, 0.1) is 22.3 Å². The van der Waals surface area contributed by atoms with Crippen LogP contribution >= 0.6 is 0 Å². The first-order chi connectivity index (χ1) is 0. The van der Waals surface area contributed by atoms with E-state index in [1.165, 1.54) is 0 Å². The number of rotatable bonds is 0. The molecule has 0 saturated heterocycles. The monoisotopic (exact) mass is 241 g/mol. The van der Waals surface area contributed by atoms with Crippen molar-refractivity contribution in [1.82, 2.24) is 0 Å². The standard InChI is InChI=1S/3CH3.Pt.H/h3*1H3;;/q3*-1;;. The van der Waals surface area contributed by atoms with Gasteiger partial charge in [-0.1, -0.05) is 0 Å². The summed E-state index contributed by atoms with van der Waals surface area (Å²) in [5.41, 5.74) is 0. The van der Waals surface area contributed by atoms with Gasteiger partial charge in [0.05, 0.1) is 0 Å². The van der Waals surface area contributed by atoms with Crippen LogP contribution in [0.4, 0.5) is 0 Å². The van der Waals surface area contributed by atoms with E-state index in [4.69, 9.17) is 0 Å². The summed E-state index contributed by atoms with van der Waals surface area (Å²) in [6.07, 6.45) is 0. The average Bonchev–Trinajstić information content (AvgIpc) is 0. The van der Waals surface area contributed by atoms with Crippen LogP contribution in [0.5, 0.6) is 0 Å². The van der Waals surface area contributed by atoms with Gasteiger partial charge < -0.3 is 22.3 Å². The summed E-state index contributed by atoms with van der Waals surface area (Å²) in [6, 6.07) is 0. The molecule has 0 bridgehead atoms. The Morgan fingerprint density at radius 2 is 0.500 bits per heavy atom. The SMILES string of the molecule is [CH3-].[CH3-].[CH3-].[PtH]. The van der Waals surface area contributed by atoms with E-state index in [2.05, 4.69) is 0 Å². The molecule has 4 heavy (non-hydrogen) atoms. The van der Waals surface area contributed by atoms with E-state index in [1.807, 2.05) is 0 Å². The van der Waals surface area contributed by atoms with Gasteiger partial charge in [-0.05, 0) is 0 Å². The molecule has 1 heteroatoms. The van der Waals surface area contributed by atoms with Gasteiger partial charge in [0.25, 0.3) is 0 Å². The summed E-state index contributed by atoms with van der Waals surface area (Å²) in [5.74, 6) is 0. The fourth-order valence-electron chi connectivity index (χ4n) is 0. The first kappa shape index (κ1) is 135. The Bertz CT molecular complexity index is 3.25. The zero-order valence-electron chi connectivity index (χ0n) is 3.33. The zero-order chi connectivity index (χ0) is 0. The Kier molecular flexibility index (Phi) is 1890. The maximum absolute atomic E-state index is 0. The van der Waals surface area contributed by atoms with Gasteiger partial charge in [-0.15, -0.1) is 0 Å². The molecule has 0 aromatic heterocycles. The summed E-state index contributed by atoms with van der Waals surface area (Å²) in [6.45, 7) is 0. The van der Waals surface area contributed by atoms with Crippen LogP contribution in [0.2, 0.25) is 0 Å². The fraction of sp³-hybridized carbons (Fsp3) is 0. The Balaban J connectivity index is 0. The summed E-state index contributed by atoms with van der Waals surface area (Å²) in [7, 11) is 0. The van der Waals surface area contributed by atoms with Gasteiger partial charge in [0.1, 0.15) is 0 Å². The van der Waals surface area contributed by atoms with Gasteiger partial charge in [0.2, 0.25) is 0 Å². The molecule has 0 radical (unpaired) electrons. The molecule has 0 aliphatic carbocycles. The van der Waals surface area contributed by atoms with Crippen molar-refractivity contribution in [2.45, 2.75) is 0 Å². The van der Waals surface area contributed by atoms with Crippen LogP contribution in [0.15, 0.2) is 0 Å². The van der Waals surface area contributed by atoms with E-state index in [-0.39, 0.29) is 43.3 Å². The fourth-order valence-corrected chi connectivity index (χ4v) is 0. The van der Waals surface area contributed by atoms with Gasteiger partial charge in [-0.2, -0.15) is 0 Å². The van der Waals surface area contributed by atoms with E-state index in [0.29, 0.717) is 0 Å². The average molecular weight is 241 g/mol. The summed E-state index contributed by atoms with van der Waals surface area (Å²) in [4.78, 5) is 0. The van der Waals surface area contributed by atoms with Gasteiger partial charge >= 0.3 is 21.1 Å². The van der Waals surface area contributed by atoms with Crippen LogP contribution in [-0.2, 0) is 21.1 Å². The maximum atomic E-state index is 0. The van der Waals surface area contributed by atoms with Crippen LogP contribution in [0.25, 0.3) is 0 Å². The topological polar surface area (TPSA) is 0 Å². The van der Waals surface area contributed by atoms with E-state index < -0.39 is 0 Å². The predicted molar refractivity (Wildman–Crippen MR) is 20.6 cm³/mol. The molecule has 0 saturated carbocycles. The predicted octanol–water partition coefficient (Wildman–Crippen LogP) is 1.08. The van der Waals surface area contributed by atoms with Crippen molar-refractivity contribution in [2.75, 3.05) is 0 Å². The third-order valence-corrected chi connectivity index (χ3v) is 0. The van der Waals surface area contributed by atoms with Crippen molar-refractivity contribution in [1.29, 1.82) is 0 Å². The zero-order valence-corrected chi connectivity index (χ0v) is 5.73. The van der Waals surface area contributed by atoms with Crippen molar-refractivity contribution >= 4 is 0 Å².